The molecule has 3 rings (SSSR count). The normalized spacial score (nSPS) is 10.5. The number of rotatable bonds is 4. The number of nitrogens with zero attached hydrogens (tertiary/aromatic N) is 2. The first-order valence-electron chi connectivity index (χ1n) is 7.65. The van der Waals surface area contributed by atoms with Crippen molar-refractivity contribution in [3.8, 4) is 0 Å². The van der Waals surface area contributed by atoms with Crippen LogP contribution >= 0.6 is 23.2 Å². The van der Waals surface area contributed by atoms with Crippen LogP contribution in [0.2, 0.25) is 10.0 Å². The summed E-state index contributed by atoms with van der Waals surface area (Å²) in [5.41, 5.74) is 2.67. The number of hydrogen-bond donors (Lipinski definition) is 1. The highest BCUT2D eigenvalue weighted by atomic mass is 35.5. The zero-order valence-electron chi connectivity index (χ0n) is 13.5. The molecule has 0 spiro atoms. The number of hydrogen-bond acceptors (Lipinski definition) is 3. The van der Waals surface area contributed by atoms with E-state index in [0.717, 1.165) is 5.56 Å². The Bertz CT molecular complexity index is 894. The molecule has 0 aliphatic carbocycles. The Hall–Kier alpha value is -2.43. The molecular formula is C19H15Cl2N3O. The number of nitrogens with one attached hydrogen (secondary N) is 1. The summed E-state index contributed by atoms with van der Waals surface area (Å²) in [6.07, 6.45) is 2.16. The number of amides is 1. The van der Waals surface area contributed by atoms with Gasteiger partial charge in [-0.05, 0) is 30.7 Å². The van der Waals surface area contributed by atoms with Gasteiger partial charge in [0, 0.05) is 28.4 Å². The molecule has 126 valence electrons. The summed E-state index contributed by atoms with van der Waals surface area (Å²) in [6.45, 7) is 1.79. The topological polar surface area (TPSA) is 54.9 Å². The van der Waals surface area contributed by atoms with Crippen LogP contribution in [0.15, 0.2) is 54.7 Å². The second-order valence-corrected chi connectivity index (χ2v) is 6.43. The van der Waals surface area contributed by atoms with Gasteiger partial charge in [-0.1, -0.05) is 53.5 Å². The molecule has 0 aliphatic heterocycles. The summed E-state index contributed by atoms with van der Waals surface area (Å²) in [4.78, 5) is 21.2. The molecule has 0 aliphatic rings. The van der Waals surface area contributed by atoms with E-state index in [1.54, 1.807) is 31.3 Å². The molecule has 0 atom stereocenters. The van der Waals surface area contributed by atoms with Crippen molar-refractivity contribution >= 4 is 34.8 Å². The number of carbonyl (C=O) groups excluding carboxylic acids is 1. The van der Waals surface area contributed by atoms with Crippen LogP contribution in [0.1, 0.15) is 27.4 Å². The maximum atomic E-state index is 12.4. The maximum absolute atomic E-state index is 12.4. The van der Waals surface area contributed by atoms with Gasteiger partial charge in [0.2, 0.25) is 0 Å². The van der Waals surface area contributed by atoms with E-state index >= 15 is 0 Å². The van der Waals surface area contributed by atoms with Crippen molar-refractivity contribution in [2.24, 2.45) is 0 Å². The van der Waals surface area contributed by atoms with E-state index in [2.05, 4.69) is 15.3 Å². The number of anilines is 1. The summed E-state index contributed by atoms with van der Waals surface area (Å²) in [7, 11) is 0. The van der Waals surface area contributed by atoms with Gasteiger partial charge in [0.25, 0.3) is 5.91 Å². The molecule has 1 heterocycles. The van der Waals surface area contributed by atoms with Crippen LogP contribution in [0.25, 0.3) is 0 Å². The van der Waals surface area contributed by atoms with E-state index in [4.69, 9.17) is 23.2 Å². The molecule has 2 aromatic carbocycles. The van der Waals surface area contributed by atoms with Crippen LogP contribution in [0, 0.1) is 6.92 Å². The molecule has 1 N–H and O–H groups in total. The monoisotopic (exact) mass is 371 g/mol. The molecule has 1 amide bonds. The fraction of sp³-hybridized carbons (Fsp3) is 0.105. The summed E-state index contributed by atoms with van der Waals surface area (Å²) in [5, 5.41) is 3.67. The van der Waals surface area contributed by atoms with Crippen molar-refractivity contribution in [1.82, 2.24) is 9.97 Å². The Kier molecular flexibility index (Phi) is 5.31. The molecule has 1 aromatic heterocycles. The number of carbonyl (C=O) groups is 1. The molecule has 4 nitrogen and oxygen atoms in total. The zero-order valence-corrected chi connectivity index (χ0v) is 15.0. The summed E-state index contributed by atoms with van der Waals surface area (Å²) >= 11 is 11.9. The molecular weight excluding hydrogens is 357 g/mol. The van der Waals surface area contributed by atoms with E-state index in [1.807, 2.05) is 30.3 Å². The number of benzene rings is 2. The third-order valence-electron chi connectivity index (χ3n) is 3.60. The third kappa shape index (κ3) is 4.56. The number of halogens is 2. The van der Waals surface area contributed by atoms with Crippen LogP contribution in [-0.2, 0) is 6.42 Å². The number of aromatic nitrogens is 2. The molecule has 0 radical (unpaired) electrons. The smallest absolute Gasteiger partial charge is 0.259 e. The summed E-state index contributed by atoms with van der Waals surface area (Å²) < 4.78 is 0. The first kappa shape index (κ1) is 17.4. The second-order valence-electron chi connectivity index (χ2n) is 5.56. The lowest BCUT2D eigenvalue weighted by molar-refractivity contribution is 0.102. The minimum absolute atomic E-state index is 0.304. The van der Waals surface area contributed by atoms with E-state index in [0.29, 0.717) is 39.2 Å². The van der Waals surface area contributed by atoms with Crippen molar-refractivity contribution in [2.75, 3.05) is 5.32 Å². The maximum Gasteiger partial charge on any atom is 0.259 e. The van der Waals surface area contributed by atoms with E-state index < -0.39 is 0 Å². The molecule has 3 aromatic rings. The SMILES string of the molecule is Cc1nc(Cc2ccccc2)ncc1C(=O)Nc1cc(Cl)cc(Cl)c1. The molecule has 0 fully saturated rings. The standard InChI is InChI=1S/C19H15Cl2N3O/c1-12-17(19(25)24-16-9-14(20)8-15(21)10-16)11-22-18(23-12)7-13-5-3-2-4-6-13/h2-6,8-11H,7H2,1H3,(H,24,25). The minimum atomic E-state index is -0.304. The highest BCUT2D eigenvalue weighted by Crippen LogP contribution is 2.23. The lowest BCUT2D eigenvalue weighted by atomic mass is 10.1. The molecule has 0 bridgehead atoms. The lowest BCUT2D eigenvalue weighted by Gasteiger charge is -2.09. The van der Waals surface area contributed by atoms with Crippen molar-refractivity contribution in [2.45, 2.75) is 13.3 Å². The number of aryl methyl sites for hydroxylation is 1. The Labute approximate surface area is 155 Å². The quantitative estimate of drug-likeness (QED) is 0.706. The van der Waals surface area contributed by atoms with Crippen molar-refractivity contribution in [1.29, 1.82) is 0 Å². The Morgan fingerprint density at radius 1 is 1.08 bits per heavy atom. The predicted octanol–water partition coefficient (Wildman–Crippen LogP) is 4.93. The largest absolute Gasteiger partial charge is 0.322 e. The van der Waals surface area contributed by atoms with Crippen LogP contribution in [-0.4, -0.2) is 15.9 Å². The molecule has 0 saturated heterocycles. The van der Waals surface area contributed by atoms with Crippen LogP contribution in [0.4, 0.5) is 5.69 Å². The second kappa shape index (κ2) is 7.64. The first-order valence-corrected chi connectivity index (χ1v) is 8.41. The van der Waals surface area contributed by atoms with E-state index in [1.165, 1.54) is 0 Å². The van der Waals surface area contributed by atoms with E-state index in [-0.39, 0.29) is 5.91 Å². The summed E-state index contributed by atoms with van der Waals surface area (Å²) in [5.74, 6) is 0.369. The highest BCUT2D eigenvalue weighted by molar-refractivity contribution is 6.35. The average Bonchev–Trinajstić information content (AvgIpc) is 2.54. The Morgan fingerprint density at radius 3 is 2.40 bits per heavy atom. The predicted molar refractivity (Wildman–Crippen MR) is 100 cm³/mol. The molecule has 6 heteroatoms. The van der Waals surface area contributed by atoms with Crippen molar-refractivity contribution < 1.29 is 4.79 Å². The van der Waals surface area contributed by atoms with Crippen molar-refractivity contribution in [3.05, 3.63) is 87.4 Å². The molecule has 0 saturated carbocycles. The van der Waals surface area contributed by atoms with Gasteiger partial charge in [0.05, 0.1) is 11.3 Å². The first-order chi connectivity index (χ1) is 12.0. The van der Waals surface area contributed by atoms with Crippen molar-refractivity contribution in [3.63, 3.8) is 0 Å². The lowest BCUT2D eigenvalue weighted by Crippen LogP contribution is -2.15. The van der Waals surface area contributed by atoms with Gasteiger partial charge in [0.1, 0.15) is 5.82 Å². The average molecular weight is 372 g/mol. The van der Waals surface area contributed by atoms with Crippen LogP contribution in [0.5, 0.6) is 0 Å². The molecule has 25 heavy (non-hydrogen) atoms. The van der Waals surface area contributed by atoms with Crippen LogP contribution in [0.3, 0.4) is 0 Å². The van der Waals surface area contributed by atoms with Crippen LogP contribution < -0.4 is 5.32 Å². The van der Waals surface area contributed by atoms with Gasteiger partial charge in [0.15, 0.2) is 0 Å². The van der Waals surface area contributed by atoms with Gasteiger partial charge in [-0.25, -0.2) is 9.97 Å². The summed E-state index contributed by atoms with van der Waals surface area (Å²) in [6, 6.07) is 14.8. The third-order valence-corrected chi connectivity index (χ3v) is 4.04. The van der Waals surface area contributed by atoms with E-state index in [9.17, 15) is 4.79 Å². The fourth-order valence-corrected chi connectivity index (χ4v) is 2.95. The van der Waals surface area contributed by atoms with Gasteiger partial charge < -0.3 is 5.32 Å². The van der Waals surface area contributed by atoms with Gasteiger partial charge >= 0.3 is 0 Å². The van der Waals surface area contributed by atoms with Gasteiger partial charge in [-0.3, -0.25) is 4.79 Å². The highest BCUT2D eigenvalue weighted by Gasteiger charge is 2.13. The van der Waals surface area contributed by atoms with Gasteiger partial charge in [-0.2, -0.15) is 0 Å². The Morgan fingerprint density at radius 2 is 1.76 bits per heavy atom. The zero-order chi connectivity index (χ0) is 17.8. The molecule has 0 unspecified atom stereocenters. The minimum Gasteiger partial charge on any atom is -0.322 e. The fourth-order valence-electron chi connectivity index (χ4n) is 2.43. The van der Waals surface area contributed by atoms with Gasteiger partial charge in [-0.15, -0.1) is 0 Å². The Balaban J connectivity index is 1.77.